The molecule has 4 nitrogen and oxygen atoms in total. The number of carbonyl (C=O) groups is 1. The summed E-state index contributed by atoms with van der Waals surface area (Å²) in [5.41, 5.74) is -0.405. The molecule has 1 aromatic rings. The van der Waals surface area contributed by atoms with Crippen molar-refractivity contribution in [1.82, 2.24) is 4.72 Å². The Labute approximate surface area is 146 Å². The fraction of sp³-hybridized carbons (Fsp3) is 0.588. The third-order valence-electron chi connectivity index (χ3n) is 3.28. The maximum absolute atomic E-state index is 12.5. The molecule has 0 aliphatic rings. The second kappa shape index (κ2) is 8.31. The lowest BCUT2D eigenvalue weighted by Crippen LogP contribution is -2.51. The SMILES string of the molecule is CCOC(=O)C(C)(N[S@](=O)C(C)(C)C)c1ccc(SCC)cc1. The molecule has 1 rings (SSSR count). The van der Waals surface area contributed by atoms with Crippen LogP contribution < -0.4 is 4.72 Å². The summed E-state index contributed by atoms with van der Waals surface area (Å²) in [5.74, 6) is 0.564. The minimum Gasteiger partial charge on any atom is -0.464 e. The minimum atomic E-state index is -1.40. The van der Waals surface area contributed by atoms with E-state index in [9.17, 15) is 9.00 Å². The lowest BCUT2D eigenvalue weighted by Gasteiger charge is -2.31. The number of hydrogen-bond donors (Lipinski definition) is 1. The molecular formula is C17H27NO3S2. The molecule has 0 spiro atoms. The lowest BCUT2D eigenvalue weighted by molar-refractivity contribution is -0.150. The van der Waals surface area contributed by atoms with Crippen molar-refractivity contribution >= 4 is 28.7 Å². The predicted molar refractivity (Wildman–Crippen MR) is 97.9 cm³/mol. The Bertz CT molecular complexity index is 552. The monoisotopic (exact) mass is 357 g/mol. The molecule has 0 heterocycles. The van der Waals surface area contributed by atoms with Gasteiger partial charge in [-0.25, -0.2) is 13.7 Å². The Balaban J connectivity index is 3.18. The van der Waals surface area contributed by atoms with E-state index in [1.54, 1.807) is 25.6 Å². The molecule has 0 radical (unpaired) electrons. The van der Waals surface area contributed by atoms with Crippen LogP contribution in [-0.2, 0) is 26.1 Å². The summed E-state index contributed by atoms with van der Waals surface area (Å²) in [6.07, 6.45) is 0. The zero-order valence-corrected chi connectivity index (χ0v) is 16.4. The summed E-state index contributed by atoms with van der Waals surface area (Å²) < 4.78 is 20.2. The number of thioether (sulfide) groups is 1. The van der Waals surface area contributed by atoms with Gasteiger partial charge in [-0.2, -0.15) is 0 Å². The molecular weight excluding hydrogens is 330 g/mol. The number of carbonyl (C=O) groups excluding carboxylic acids is 1. The lowest BCUT2D eigenvalue weighted by atomic mass is 9.93. The first kappa shape index (κ1) is 20.2. The van der Waals surface area contributed by atoms with Crippen LogP contribution in [0.15, 0.2) is 29.2 Å². The summed E-state index contributed by atoms with van der Waals surface area (Å²) in [6, 6.07) is 7.73. The van der Waals surface area contributed by atoms with Crippen molar-refractivity contribution in [2.45, 2.75) is 56.7 Å². The van der Waals surface area contributed by atoms with Gasteiger partial charge in [0.15, 0.2) is 5.54 Å². The molecule has 0 fully saturated rings. The van der Waals surface area contributed by atoms with Crippen LogP contribution in [0, 0.1) is 0 Å². The first-order valence-corrected chi connectivity index (χ1v) is 9.89. The van der Waals surface area contributed by atoms with Crippen LogP contribution in [-0.4, -0.2) is 27.3 Å². The quantitative estimate of drug-likeness (QED) is 0.598. The molecule has 23 heavy (non-hydrogen) atoms. The van der Waals surface area contributed by atoms with Crippen LogP contribution in [0.1, 0.15) is 47.1 Å². The summed E-state index contributed by atoms with van der Waals surface area (Å²) in [5, 5.41) is 0. The zero-order valence-electron chi connectivity index (χ0n) is 14.8. The molecule has 1 unspecified atom stereocenters. The molecule has 0 bridgehead atoms. The van der Waals surface area contributed by atoms with Crippen LogP contribution in [0.5, 0.6) is 0 Å². The highest BCUT2D eigenvalue weighted by atomic mass is 32.2. The molecule has 1 N–H and O–H groups in total. The van der Waals surface area contributed by atoms with Crippen LogP contribution >= 0.6 is 11.8 Å². The van der Waals surface area contributed by atoms with Gasteiger partial charge in [0, 0.05) is 4.90 Å². The van der Waals surface area contributed by atoms with E-state index in [2.05, 4.69) is 11.6 Å². The van der Waals surface area contributed by atoms with Gasteiger partial charge in [-0.3, -0.25) is 0 Å². The molecule has 0 saturated heterocycles. The number of rotatable bonds is 7. The van der Waals surface area contributed by atoms with Crippen molar-refractivity contribution < 1.29 is 13.7 Å². The smallest absolute Gasteiger partial charge is 0.331 e. The number of hydrogen-bond acceptors (Lipinski definition) is 4. The van der Waals surface area contributed by atoms with Crippen molar-refractivity contribution in [1.29, 1.82) is 0 Å². The second-order valence-corrected chi connectivity index (χ2v) is 9.59. The van der Waals surface area contributed by atoms with E-state index in [1.165, 1.54) is 0 Å². The molecule has 0 aromatic heterocycles. The fourth-order valence-corrected chi connectivity index (χ4v) is 3.42. The maximum Gasteiger partial charge on any atom is 0.331 e. The number of ether oxygens (including phenoxy) is 1. The second-order valence-electron chi connectivity index (χ2n) is 6.29. The summed E-state index contributed by atoms with van der Waals surface area (Å²) in [7, 11) is -1.40. The van der Waals surface area contributed by atoms with E-state index in [4.69, 9.17) is 4.74 Å². The van der Waals surface area contributed by atoms with Crippen molar-refractivity contribution in [2.75, 3.05) is 12.4 Å². The fourth-order valence-electron chi connectivity index (χ4n) is 1.88. The number of esters is 1. The average molecular weight is 358 g/mol. The Kier molecular flexibility index (Phi) is 7.29. The van der Waals surface area contributed by atoms with Gasteiger partial charge in [0.2, 0.25) is 0 Å². The number of benzene rings is 1. The Morgan fingerprint density at radius 2 is 1.74 bits per heavy atom. The van der Waals surface area contributed by atoms with Crippen LogP contribution in [0.3, 0.4) is 0 Å². The highest BCUT2D eigenvalue weighted by molar-refractivity contribution is 7.99. The highest BCUT2D eigenvalue weighted by Crippen LogP contribution is 2.28. The van der Waals surface area contributed by atoms with Crippen LogP contribution in [0.25, 0.3) is 0 Å². The first-order chi connectivity index (χ1) is 10.6. The molecule has 1 aromatic carbocycles. The predicted octanol–water partition coefficient (Wildman–Crippen LogP) is 3.63. The van der Waals surface area contributed by atoms with Gasteiger partial charge in [-0.05, 0) is 58.1 Å². The molecule has 0 aliphatic heterocycles. The molecule has 6 heteroatoms. The Morgan fingerprint density at radius 1 is 1.17 bits per heavy atom. The first-order valence-electron chi connectivity index (χ1n) is 7.75. The van der Waals surface area contributed by atoms with Crippen molar-refractivity contribution in [3.63, 3.8) is 0 Å². The van der Waals surface area contributed by atoms with Gasteiger partial charge < -0.3 is 4.74 Å². The zero-order chi connectivity index (χ0) is 17.7. The highest BCUT2D eigenvalue weighted by Gasteiger charge is 2.40. The average Bonchev–Trinajstić information content (AvgIpc) is 2.47. The van der Waals surface area contributed by atoms with E-state index in [0.29, 0.717) is 0 Å². The third kappa shape index (κ3) is 5.33. The van der Waals surface area contributed by atoms with E-state index < -0.39 is 27.2 Å². The van der Waals surface area contributed by atoms with Crippen LogP contribution in [0.2, 0.25) is 0 Å². The van der Waals surface area contributed by atoms with Crippen molar-refractivity contribution in [3.8, 4) is 0 Å². The molecule has 0 saturated carbocycles. The summed E-state index contributed by atoms with van der Waals surface area (Å²) in [6.45, 7) is 11.4. The van der Waals surface area contributed by atoms with E-state index in [0.717, 1.165) is 16.2 Å². The number of nitrogens with one attached hydrogen (secondary N) is 1. The molecule has 2 atom stereocenters. The normalized spacial score (nSPS) is 15.7. The van der Waals surface area contributed by atoms with Gasteiger partial charge in [0.05, 0.1) is 22.3 Å². The van der Waals surface area contributed by atoms with Gasteiger partial charge in [0.25, 0.3) is 0 Å². The van der Waals surface area contributed by atoms with Gasteiger partial charge in [0.1, 0.15) is 0 Å². The third-order valence-corrected chi connectivity index (χ3v) is 5.88. The van der Waals surface area contributed by atoms with E-state index >= 15 is 0 Å². The largest absolute Gasteiger partial charge is 0.464 e. The summed E-state index contributed by atoms with van der Waals surface area (Å²) in [4.78, 5) is 13.7. The van der Waals surface area contributed by atoms with Crippen molar-refractivity contribution in [3.05, 3.63) is 29.8 Å². The maximum atomic E-state index is 12.5. The van der Waals surface area contributed by atoms with Crippen LogP contribution in [0.4, 0.5) is 0 Å². The van der Waals surface area contributed by atoms with E-state index in [1.807, 2.05) is 45.0 Å². The Morgan fingerprint density at radius 3 is 2.17 bits per heavy atom. The Hall–Kier alpha value is -0.850. The standard InChI is InChI=1S/C17H27NO3S2/c1-7-21-15(19)17(6,18-23(20)16(3,4)5)13-9-11-14(12-10-13)22-8-2/h9-12,18H,7-8H2,1-6H3/t17?,23-/m1/s1. The topological polar surface area (TPSA) is 55.4 Å². The van der Waals surface area contributed by atoms with Gasteiger partial charge in [-0.1, -0.05) is 19.1 Å². The molecule has 130 valence electrons. The van der Waals surface area contributed by atoms with E-state index in [-0.39, 0.29) is 6.61 Å². The van der Waals surface area contributed by atoms with Crippen molar-refractivity contribution in [2.24, 2.45) is 0 Å². The molecule has 0 amide bonds. The molecule has 0 aliphatic carbocycles. The van der Waals surface area contributed by atoms with Gasteiger partial charge in [-0.15, -0.1) is 11.8 Å². The summed E-state index contributed by atoms with van der Waals surface area (Å²) >= 11 is 1.73. The van der Waals surface area contributed by atoms with Gasteiger partial charge >= 0.3 is 5.97 Å². The minimum absolute atomic E-state index is 0.280.